The monoisotopic (exact) mass is 366 g/mol. The Kier molecular flexibility index (Phi) is 5.15. The molecule has 7 nitrogen and oxygen atoms in total. The second-order valence-electron chi connectivity index (χ2n) is 6.80. The minimum absolute atomic E-state index is 0.00401. The fourth-order valence-corrected chi connectivity index (χ4v) is 4.19. The molecule has 1 unspecified atom stereocenters. The first-order valence-corrected chi connectivity index (χ1v) is 8.95. The SMILES string of the molecule is Cc1cc([N+](=O)[O-])cc(Cl)c1N1CCN(C(=O)C2CCCN2C)CC1. The second-order valence-corrected chi connectivity index (χ2v) is 7.21. The minimum Gasteiger partial charge on any atom is -0.367 e. The molecule has 0 radical (unpaired) electrons. The Morgan fingerprint density at radius 3 is 2.44 bits per heavy atom. The van der Waals surface area contributed by atoms with Gasteiger partial charge in [0.2, 0.25) is 5.91 Å². The Morgan fingerprint density at radius 2 is 1.92 bits per heavy atom. The van der Waals surface area contributed by atoms with Crippen molar-refractivity contribution in [3.8, 4) is 0 Å². The normalized spacial score (nSPS) is 21.6. The zero-order valence-corrected chi connectivity index (χ0v) is 15.3. The van der Waals surface area contributed by atoms with E-state index < -0.39 is 4.92 Å². The largest absolute Gasteiger partial charge is 0.367 e. The van der Waals surface area contributed by atoms with Gasteiger partial charge in [0.25, 0.3) is 5.69 Å². The van der Waals surface area contributed by atoms with E-state index in [1.807, 2.05) is 18.9 Å². The number of non-ortho nitro benzene ring substituents is 1. The number of carbonyl (C=O) groups is 1. The van der Waals surface area contributed by atoms with Crippen molar-refractivity contribution < 1.29 is 9.72 Å². The molecule has 0 N–H and O–H groups in total. The lowest BCUT2D eigenvalue weighted by molar-refractivity contribution is -0.384. The van der Waals surface area contributed by atoms with Crippen LogP contribution >= 0.6 is 11.6 Å². The highest BCUT2D eigenvalue weighted by Gasteiger charge is 2.33. The van der Waals surface area contributed by atoms with Crippen LogP contribution in [0.2, 0.25) is 5.02 Å². The van der Waals surface area contributed by atoms with Gasteiger partial charge < -0.3 is 9.80 Å². The number of benzene rings is 1. The highest BCUT2D eigenvalue weighted by molar-refractivity contribution is 6.33. The maximum Gasteiger partial charge on any atom is 0.271 e. The number of anilines is 1. The molecule has 8 heteroatoms. The van der Waals surface area contributed by atoms with Gasteiger partial charge in [0.15, 0.2) is 0 Å². The third-order valence-electron chi connectivity index (χ3n) is 5.16. The molecular formula is C17H23ClN4O3. The maximum atomic E-state index is 12.7. The number of hydrogen-bond donors (Lipinski definition) is 0. The number of nitro benzene ring substituents is 1. The molecule has 136 valence electrons. The summed E-state index contributed by atoms with van der Waals surface area (Å²) in [7, 11) is 2.01. The van der Waals surface area contributed by atoms with Crippen LogP contribution in [0, 0.1) is 17.0 Å². The van der Waals surface area contributed by atoms with Gasteiger partial charge in [0, 0.05) is 38.3 Å². The van der Waals surface area contributed by atoms with E-state index in [1.165, 1.54) is 6.07 Å². The number of aryl methyl sites for hydroxylation is 1. The summed E-state index contributed by atoms with van der Waals surface area (Å²) in [5.74, 6) is 0.214. The first-order valence-electron chi connectivity index (χ1n) is 8.57. The minimum atomic E-state index is -0.433. The first-order chi connectivity index (χ1) is 11.9. The van der Waals surface area contributed by atoms with Gasteiger partial charge in [-0.3, -0.25) is 19.8 Å². The molecule has 1 aromatic carbocycles. The molecule has 0 aromatic heterocycles. The Bertz CT molecular complexity index is 665. The summed E-state index contributed by atoms with van der Waals surface area (Å²) in [4.78, 5) is 29.4. The fraction of sp³-hybridized carbons (Fsp3) is 0.588. The predicted molar refractivity (Wildman–Crippen MR) is 97.3 cm³/mol. The zero-order chi connectivity index (χ0) is 18.1. The van der Waals surface area contributed by atoms with Crippen molar-refractivity contribution in [2.24, 2.45) is 0 Å². The molecule has 0 aliphatic carbocycles. The van der Waals surface area contributed by atoms with E-state index in [9.17, 15) is 14.9 Å². The Balaban J connectivity index is 1.68. The van der Waals surface area contributed by atoms with Crippen LogP contribution in [-0.2, 0) is 4.79 Å². The topological polar surface area (TPSA) is 69.9 Å². The summed E-state index contributed by atoms with van der Waals surface area (Å²) in [6.07, 6.45) is 2.01. The summed E-state index contributed by atoms with van der Waals surface area (Å²) in [6, 6.07) is 2.96. The molecule has 2 aliphatic rings. The van der Waals surface area contributed by atoms with Crippen LogP contribution in [0.1, 0.15) is 18.4 Å². The number of nitro groups is 1. The average Bonchev–Trinajstić information content (AvgIpc) is 3.00. The van der Waals surface area contributed by atoms with E-state index in [0.717, 1.165) is 30.6 Å². The molecule has 0 saturated carbocycles. The molecular weight excluding hydrogens is 344 g/mol. The maximum absolute atomic E-state index is 12.7. The van der Waals surface area contributed by atoms with Crippen molar-refractivity contribution in [2.45, 2.75) is 25.8 Å². The van der Waals surface area contributed by atoms with Crippen molar-refractivity contribution in [3.63, 3.8) is 0 Å². The van der Waals surface area contributed by atoms with E-state index in [1.54, 1.807) is 6.07 Å². The molecule has 2 heterocycles. The lowest BCUT2D eigenvalue weighted by Gasteiger charge is -2.38. The molecule has 1 amide bonds. The number of likely N-dealkylation sites (tertiary alicyclic amines) is 1. The van der Waals surface area contributed by atoms with E-state index in [-0.39, 0.29) is 17.6 Å². The van der Waals surface area contributed by atoms with Crippen LogP contribution in [0.4, 0.5) is 11.4 Å². The van der Waals surface area contributed by atoms with E-state index in [2.05, 4.69) is 9.80 Å². The quantitative estimate of drug-likeness (QED) is 0.606. The van der Waals surface area contributed by atoms with Gasteiger partial charge in [-0.15, -0.1) is 0 Å². The highest BCUT2D eigenvalue weighted by atomic mass is 35.5. The van der Waals surface area contributed by atoms with Gasteiger partial charge in [-0.25, -0.2) is 0 Å². The van der Waals surface area contributed by atoms with Gasteiger partial charge in [0.05, 0.1) is 21.7 Å². The van der Waals surface area contributed by atoms with Crippen molar-refractivity contribution in [1.82, 2.24) is 9.80 Å². The van der Waals surface area contributed by atoms with Crippen molar-refractivity contribution in [3.05, 3.63) is 32.8 Å². The van der Waals surface area contributed by atoms with Gasteiger partial charge in [-0.2, -0.15) is 0 Å². The summed E-state index contributed by atoms with van der Waals surface area (Å²) < 4.78 is 0. The fourth-order valence-electron chi connectivity index (χ4n) is 3.81. The summed E-state index contributed by atoms with van der Waals surface area (Å²) in [5, 5.41) is 11.3. The molecule has 2 aliphatic heterocycles. The van der Waals surface area contributed by atoms with Crippen molar-refractivity contribution in [1.29, 1.82) is 0 Å². The summed E-state index contributed by atoms with van der Waals surface area (Å²) >= 11 is 6.30. The highest BCUT2D eigenvalue weighted by Crippen LogP contribution is 2.34. The van der Waals surface area contributed by atoms with Crippen LogP contribution < -0.4 is 4.90 Å². The Morgan fingerprint density at radius 1 is 1.24 bits per heavy atom. The molecule has 3 rings (SSSR count). The number of hydrogen-bond acceptors (Lipinski definition) is 5. The molecule has 2 saturated heterocycles. The number of likely N-dealkylation sites (N-methyl/N-ethyl adjacent to an activating group) is 1. The van der Waals surface area contributed by atoms with Gasteiger partial charge >= 0.3 is 0 Å². The Labute approximate surface area is 152 Å². The van der Waals surface area contributed by atoms with E-state index in [4.69, 9.17) is 11.6 Å². The molecule has 1 aromatic rings. The molecule has 1 atom stereocenters. The number of amides is 1. The Hall–Kier alpha value is -1.86. The summed E-state index contributed by atoms with van der Waals surface area (Å²) in [5.41, 5.74) is 1.62. The average molecular weight is 367 g/mol. The van der Waals surface area contributed by atoms with Crippen molar-refractivity contribution in [2.75, 3.05) is 44.7 Å². The standard InChI is InChI=1S/C17H23ClN4O3/c1-12-10-13(22(24)25)11-14(18)16(12)20-6-8-21(9-7-20)17(23)15-4-3-5-19(15)2/h10-11,15H,3-9H2,1-2H3. The predicted octanol–water partition coefficient (Wildman–Crippen LogP) is 2.30. The third-order valence-corrected chi connectivity index (χ3v) is 5.45. The molecule has 0 spiro atoms. The third kappa shape index (κ3) is 3.57. The van der Waals surface area contributed by atoms with Crippen LogP contribution in [0.15, 0.2) is 12.1 Å². The van der Waals surface area contributed by atoms with Crippen LogP contribution in [0.3, 0.4) is 0 Å². The van der Waals surface area contributed by atoms with E-state index >= 15 is 0 Å². The number of halogens is 1. The molecule has 2 fully saturated rings. The lowest BCUT2D eigenvalue weighted by Crippen LogP contribution is -2.53. The molecule has 25 heavy (non-hydrogen) atoms. The van der Waals surface area contributed by atoms with Gasteiger partial charge in [0.1, 0.15) is 0 Å². The smallest absolute Gasteiger partial charge is 0.271 e. The van der Waals surface area contributed by atoms with Crippen LogP contribution in [0.5, 0.6) is 0 Å². The zero-order valence-electron chi connectivity index (χ0n) is 14.6. The van der Waals surface area contributed by atoms with Gasteiger partial charge in [-0.05, 0) is 38.9 Å². The van der Waals surface area contributed by atoms with Gasteiger partial charge in [-0.1, -0.05) is 11.6 Å². The molecule has 0 bridgehead atoms. The lowest BCUT2D eigenvalue weighted by atomic mass is 10.1. The van der Waals surface area contributed by atoms with Crippen LogP contribution in [0.25, 0.3) is 0 Å². The number of piperazine rings is 1. The van der Waals surface area contributed by atoms with Crippen molar-refractivity contribution >= 4 is 28.9 Å². The number of carbonyl (C=O) groups excluding carboxylic acids is 1. The first kappa shape index (κ1) is 17.9. The van der Waals surface area contributed by atoms with Crippen LogP contribution in [-0.4, -0.2) is 66.4 Å². The van der Waals surface area contributed by atoms with E-state index in [0.29, 0.717) is 31.2 Å². The number of rotatable bonds is 3. The summed E-state index contributed by atoms with van der Waals surface area (Å²) in [6.45, 7) is 5.47. The second kappa shape index (κ2) is 7.17. The number of nitrogens with zero attached hydrogens (tertiary/aromatic N) is 4.